The SMILES string of the molecule is COc1ccc(Br)cc1C(Cl)c1ccc(C)cc1Br. The summed E-state index contributed by atoms with van der Waals surface area (Å²) in [5, 5.41) is -0.262. The van der Waals surface area contributed by atoms with Crippen molar-refractivity contribution in [3.05, 3.63) is 62.0 Å². The number of benzene rings is 2. The predicted molar refractivity (Wildman–Crippen MR) is 87.3 cm³/mol. The standard InChI is InChI=1S/C15H13Br2ClO/c1-9-3-5-11(13(17)7-9)15(18)12-8-10(16)4-6-14(12)19-2/h3-8,15H,1-2H3. The molecule has 0 spiro atoms. The van der Waals surface area contributed by atoms with E-state index < -0.39 is 0 Å². The molecular weight excluding hydrogens is 391 g/mol. The fourth-order valence-corrected chi connectivity index (χ4v) is 3.50. The normalized spacial score (nSPS) is 12.3. The first-order chi connectivity index (χ1) is 9.02. The van der Waals surface area contributed by atoms with Gasteiger partial charge in [0.1, 0.15) is 5.75 Å². The van der Waals surface area contributed by atoms with E-state index >= 15 is 0 Å². The number of hydrogen-bond donors (Lipinski definition) is 0. The molecule has 4 heteroatoms. The van der Waals surface area contributed by atoms with Crippen LogP contribution < -0.4 is 4.74 Å². The molecule has 2 aromatic rings. The molecular formula is C15H13Br2ClO. The molecule has 0 N–H and O–H groups in total. The first kappa shape index (κ1) is 14.9. The monoisotopic (exact) mass is 402 g/mol. The lowest BCUT2D eigenvalue weighted by atomic mass is 10.0. The third kappa shape index (κ3) is 3.33. The van der Waals surface area contributed by atoms with Crippen molar-refractivity contribution in [3.8, 4) is 5.75 Å². The second kappa shape index (κ2) is 6.29. The maximum Gasteiger partial charge on any atom is 0.123 e. The van der Waals surface area contributed by atoms with Crippen molar-refractivity contribution >= 4 is 43.5 Å². The highest BCUT2D eigenvalue weighted by Gasteiger charge is 2.18. The van der Waals surface area contributed by atoms with Crippen molar-refractivity contribution in [1.29, 1.82) is 0 Å². The highest BCUT2D eigenvalue weighted by atomic mass is 79.9. The van der Waals surface area contributed by atoms with Gasteiger partial charge in [0, 0.05) is 14.5 Å². The summed E-state index contributed by atoms with van der Waals surface area (Å²) in [6.45, 7) is 2.05. The highest BCUT2D eigenvalue weighted by molar-refractivity contribution is 9.10. The van der Waals surface area contributed by atoms with Crippen LogP contribution >= 0.6 is 43.5 Å². The Morgan fingerprint density at radius 2 is 1.79 bits per heavy atom. The molecule has 0 saturated heterocycles. The Balaban J connectivity index is 2.49. The number of hydrogen-bond acceptors (Lipinski definition) is 1. The second-order valence-corrected chi connectivity index (χ2v) is 6.48. The summed E-state index contributed by atoms with van der Waals surface area (Å²) in [5.41, 5.74) is 3.17. The Kier molecular flexibility index (Phi) is 4.93. The summed E-state index contributed by atoms with van der Waals surface area (Å²) in [6, 6.07) is 12.0. The van der Waals surface area contributed by atoms with E-state index in [-0.39, 0.29) is 5.38 Å². The zero-order chi connectivity index (χ0) is 14.0. The van der Waals surface area contributed by atoms with Crippen LogP contribution in [0.4, 0.5) is 0 Å². The van der Waals surface area contributed by atoms with Gasteiger partial charge in [-0.2, -0.15) is 0 Å². The summed E-state index contributed by atoms with van der Waals surface area (Å²) < 4.78 is 7.38. The molecule has 100 valence electrons. The molecule has 0 aliphatic rings. The largest absolute Gasteiger partial charge is 0.496 e. The first-order valence-corrected chi connectivity index (χ1v) is 7.78. The number of alkyl halides is 1. The molecule has 0 aliphatic carbocycles. The molecule has 0 fully saturated rings. The number of aryl methyl sites for hydroxylation is 1. The van der Waals surface area contributed by atoms with E-state index in [9.17, 15) is 0 Å². The van der Waals surface area contributed by atoms with Crippen LogP contribution in [-0.2, 0) is 0 Å². The van der Waals surface area contributed by atoms with Crippen molar-refractivity contribution < 1.29 is 4.74 Å². The van der Waals surface area contributed by atoms with Gasteiger partial charge in [-0.15, -0.1) is 11.6 Å². The van der Waals surface area contributed by atoms with E-state index in [4.69, 9.17) is 16.3 Å². The molecule has 0 radical (unpaired) electrons. The zero-order valence-corrected chi connectivity index (χ0v) is 14.5. The minimum Gasteiger partial charge on any atom is -0.496 e. The van der Waals surface area contributed by atoms with Crippen molar-refractivity contribution in [3.63, 3.8) is 0 Å². The van der Waals surface area contributed by atoms with Crippen LogP contribution in [0, 0.1) is 6.92 Å². The maximum absolute atomic E-state index is 6.61. The molecule has 0 heterocycles. The average Bonchev–Trinajstić information content (AvgIpc) is 2.38. The number of methoxy groups -OCH3 is 1. The third-order valence-corrected chi connectivity index (χ3v) is 4.54. The molecule has 0 amide bonds. The van der Waals surface area contributed by atoms with Crippen LogP contribution in [0.15, 0.2) is 45.3 Å². The quantitative estimate of drug-likeness (QED) is 0.583. The van der Waals surface area contributed by atoms with Gasteiger partial charge in [0.15, 0.2) is 0 Å². The lowest BCUT2D eigenvalue weighted by Crippen LogP contribution is -1.99. The smallest absolute Gasteiger partial charge is 0.123 e. The van der Waals surface area contributed by atoms with E-state index in [1.165, 1.54) is 5.56 Å². The van der Waals surface area contributed by atoms with Gasteiger partial charge >= 0.3 is 0 Å². The van der Waals surface area contributed by atoms with Crippen LogP contribution in [0.5, 0.6) is 5.75 Å². The molecule has 2 rings (SSSR count). The van der Waals surface area contributed by atoms with E-state index in [2.05, 4.69) is 50.9 Å². The Bertz CT molecular complexity index is 599. The molecule has 19 heavy (non-hydrogen) atoms. The van der Waals surface area contributed by atoms with Crippen molar-refractivity contribution in [2.75, 3.05) is 7.11 Å². The van der Waals surface area contributed by atoms with Crippen LogP contribution in [0.2, 0.25) is 0 Å². The molecule has 1 atom stereocenters. The Morgan fingerprint density at radius 1 is 1.05 bits per heavy atom. The molecule has 0 bridgehead atoms. The Morgan fingerprint density at radius 3 is 2.42 bits per heavy atom. The van der Waals surface area contributed by atoms with Crippen LogP contribution in [0.3, 0.4) is 0 Å². The molecule has 0 aliphatic heterocycles. The van der Waals surface area contributed by atoms with Gasteiger partial charge in [-0.25, -0.2) is 0 Å². The van der Waals surface area contributed by atoms with E-state index in [1.807, 2.05) is 24.3 Å². The van der Waals surface area contributed by atoms with E-state index in [1.54, 1.807) is 7.11 Å². The van der Waals surface area contributed by atoms with Gasteiger partial charge in [0.2, 0.25) is 0 Å². The summed E-state index contributed by atoms with van der Waals surface area (Å²) in [6.07, 6.45) is 0. The van der Waals surface area contributed by atoms with Gasteiger partial charge < -0.3 is 4.74 Å². The fraction of sp³-hybridized carbons (Fsp3) is 0.200. The highest BCUT2D eigenvalue weighted by Crippen LogP contribution is 2.39. The topological polar surface area (TPSA) is 9.23 Å². The lowest BCUT2D eigenvalue weighted by molar-refractivity contribution is 0.410. The Labute approximate surface area is 135 Å². The molecule has 1 unspecified atom stereocenters. The first-order valence-electron chi connectivity index (χ1n) is 5.76. The molecule has 1 nitrogen and oxygen atoms in total. The molecule has 2 aromatic carbocycles. The van der Waals surface area contributed by atoms with Crippen LogP contribution in [0.1, 0.15) is 22.1 Å². The van der Waals surface area contributed by atoms with Crippen LogP contribution in [0.25, 0.3) is 0 Å². The maximum atomic E-state index is 6.61. The average molecular weight is 405 g/mol. The summed E-state index contributed by atoms with van der Waals surface area (Å²) in [7, 11) is 1.65. The minimum atomic E-state index is -0.262. The number of rotatable bonds is 3. The predicted octanol–water partition coefficient (Wildman–Crippen LogP) is 5.86. The van der Waals surface area contributed by atoms with Crippen molar-refractivity contribution in [2.45, 2.75) is 12.3 Å². The second-order valence-electron chi connectivity index (χ2n) is 4.27. The minimum absolute atomic E-state index is 0.262. The van der Waals surface area contributed by atoms with E-state index in [0.29, 0.717) is 0 Å². The van der Waals surface area contributed by atoms with Gasteiger partial charge in [-0.05, 0) is 42.3 Å². The Hall–Kier alpha value is -0.510. The van der Waals surface area contributed by atoms with Crippen molar-refractivity contribution in [2.24, 2.45) is 0 Å². The van der Waals surface area contributed by atoms with Crippen LogP contribution in [-0.4, -0.2) is 7.11 Å². The summed E-state index contributed by atoms with van der Waals surface area (Å²) in [4.78, 5) is 0. The molecule has 0 aromatic heterocycles. The molecule has 0 saturated carbocycles. The number of ether oxygens (including phenoxy) is 1. The number of halogens is 3. The summed E-state index contributed by atoms with van der Waals surface area (Å²) in [5.74, 6) is 0.788. The zero-order valence-electron chi connectivity index (χ0n) is 10.6. The van der Waals surface area contributed by atoms with Gasteiger partial charge in [0.05, 0.1) is 12.5 Å². The van der Waals surface area contributed by atoms with Crippen molar-refractivity contribution in [1.82, 2.24) is 0 Å². The lowest BCUT2D eigenvalue weighted by Gasteiger charge is -2.16. The van der Waals surface area contributed by atoms with E-state index in [0.717, 1.165) is 25.8 Å². The summed E-state index contributed by atoms with van der Waals surface area (Å²) >= 11 is 13.7. The van der Waals surface area contributed by atoms with Gasteiger partial charge in [0.25, 0.3) is 0 Å². The van der Waals surface area contributed by atoms with Gasteiger partial charge in [-0.3, -0.25) is 0 Å². The third-order valence-electron chi connectivity index (χ3n) is 2.89. The fourth-order valence-electron chi connectivity index (χ4n) is 1.91. The van der Waals surface area contributed by atoms with Gasteiger partial charge in [-0.1, -0.05) is 44.0 Å².